The van der Waals surface area contributed by atoms with Gasteiger partial charge in [-0.2, -0.15) is 4.57 Å². The summed E-state index contributed by atoms with van der Waals surface area (Å²) in [5, 5.41) is 0.411. The SMILES string of the molecule is COc1ccc2[nH]c(=O)n(-c3ccc(Cl)o3)c(=O)c2c1. The molecular formula is C13H9ClN2O4. The lowest BCUT2D eigenvalue weighted by molar-refractivity contribution is 0.415. The zero-order valence-corrected chi connectivity index (χ0v) is 11.1. The van der Waals surface area contributed by atoms with Gasteiger partial charge >= 0.3 is 5.69 Å². The standard InChI is InChI=1S/C13H9ClN2O4/c1-19-7-2-3-9-8(6-7)12(17)16(13(18)15-9)11-5-4-10(14)20-11/h2-6H,1H3,(H,15,18). The van der Waals surface area contributed by atoms with Crippen molar-refractivity contribution in [1.82, 2.24) is 9.55 Å². The van der Waals surface area contributed by atoms with Crippen LogP contribution in [0.5, 0.6) is 5.75 Å². The van der Waals surface area contributed by atoms with Gasteiger partial charge in [-0.3, -0.25) is 4.79 Å². The van der Waals surface area contributed by atoms with E-state index in [1.54, 1.807) is 18.2 Å². The Hall–Kier alpha value is -2.47. The minimum absolute atomic E-state index is 0.0611. The second kappa shape index (κ2) is 4.57. The van der Waals surface area contributed by atoms with Crippen LogP contribution in [0.4, 0.5) is 0 Å². The number of hydrogen-bond acceptors (Lipinski definition) is 4. The predicted molar refractivity (Wildman–Crippen MR) is 74.0 cm³/mol. The molecule has 1 N–H and O–H groups in total. The van der Waals surface area contributed by atoms with Crippen molar-refractivity contribution in [2.24, 2.45) is 0 Å². The zero-order chi connectivity index (χ0) is 14.3. The molecule has 3 aromatic rings. The van der Waals surface area contributed by atoms with Gasteiger partial charge < -0.3 is 14.1 Å². The molecule has 0 atom stereocenters. The Kier molecular flexibility index (Phi) is 2.87. The normalized spacial score (nSPS) is 10.9. The Morgan fingerprint density at radius 3 is 2.70 bits per heavy atom. The molecule has 0 saturated carbocycles. The topological polar surface area (TPSA) is 77.2 Å². The summed E-state index contributed by atoms with van der Waals surface area (Å²) in [6, 6.07) is 7.72. The maximum Gasteiger partial charge on any atom is 0.335 e. The number of aromatic amines is 1. The molecular weight excluding hydrogens is 284 g/mol. The summed E-state index contributed by atoms with van der Waals surface area (Å²) >= 11 is 5.67. The van der Waals surface area contributed by atoms with Crippen molar-refractivity contribution in [3.63, 3.8) is 0 Å². The minimum Gasteiger partial charge on any atom is -0.497 e. The van der Waals surface area contributed by atoms with Crippen LogP contribution in [-0.2, 0) is 0 Å². The van der Waals surface area contributed by atoms with E-state index >= 15 is 0 Å². The van der Waals surface area contributed by atoms with Crippen molar-refractivity contribution in [3.8, 4) is 11.6 Å². The van der Waals surface area contributed by atoms with Gasteiger partial charge in [0.2, 0.25) is 5.88 Å². The van der Waals surface area contributed by atoms with E-state index in [9.17, 15) is 9.59 Å². The van der Waals surface area contributed by atoms with E-state index in [0.29, 0.717) is 16.7 Å². The number of furan rings is 1. The molecule has 0 aliphatic heterocycles. The Labute approximate surface area is 117 Å². The number of halogens is 1. The second-order valence-corrected chi connectivity index (χ2v) is 4.43. The molecule has 7 heteroatoms. The first-order valence-electron chi connectivity index (χ1n) is 5.69. The lowest BCUT2D eigenvalue weighted by Crippen LogP contribution is -2.33. The molecule has 6 nitrogen and oxygen atoms in total. The fourth-order valence-electron chi connectivity index (χ4n) is 1.95. The third kappa shape index (κ3) is 1.90. The third-order valence-electron chi connectivity index (χ3n) is 2.88. The van der Waals surface area contributed by atoms with Crippen LogP contribution in [0.3, 0.4) is 0 Å². The summed E-state index contributed by atoms with van der Waals surface area (Å²) in [5.41, 5.74) is -0.679. The summed E-state index contributed by atoms with van der Waals surface area (Å²) in [5.74, 6) is 0.580. The van der Waals surface area contributed by atoms with Crippen molar-refractivity contribution in [1.29, 1.82) is 0 Å². The van der Waals surface area contributed by atoms with E-state index in [1.165, 1.54) is 19.2 Å². The highest BCUT2D eigenvalue weighted by atomic mass is 35.5. The van der Waals surface area contributed by atoms with E-state index < -0.39 is 11.2 Å². The van der Waals surface area contributed by atoms with Gasteiger partial charge in [-0.15, -0.1) is 0 Å². The van der Waals surface area contributed by atoms with Crippen molar-refractivity contribution >= 4 is 22.5 Å². The van der Waals surface area contributed by atoms with Crippen molar-refractivity contribution in [2.75, 3.05) is 7.11 Å². The molecule has 0 spiro atoms. The second-order valence-electron chi connectivity index (χ2n) is 4.06. The molecule has 0 aliphatic rings. The number of nitrogens with zero attached hydrogens (tertiary/aromatic N) is 1. The van der Waals surface area contributed by atoms with Gasteiger partial charge in [-0.1, -0.05) is 0 Å². The first kappa shape index (κ1) is 12.6. The molecule has 2 heterocycles. The van der Waals surface area contributed by atoms with Crippen LogP contribution in [0.15, 0.2) is 44.3 Å². The van der Waals surface area contributed by atoms with Gasteiger partial charge in [-0.05, 0) is 35.9 Å². The van der Waals surface area contributed by atoms with Crippen LogP contribution in [-0.4, -0.2) is 16.7 Å². The summed E-state index contributed by atoms with van der Waals surface area (Å²) in [4.78, 5) is 27.0. The highest BCUT2D eigenvalue weighted by Crippen LogP contribution is 2.17. The number of fused-ring (bicyclic) bond motifs is 1. The Morgan fingerprint density at radius 1 is 1.25 bits per heavy atom. The molecule has 0 aliphatic carbocycles. The number of benzene rings is 1. The molecule has 102 valence electrons. The molecule has 20 heavy (non-hydrogen) atoms. The van der Waals surface area contributed by atoms with Crippen LogP contribution in [0.1, 0.15) is 0 Å². The number of aromatic nitrogens is 2. The number of ether oxygens (including phenoxy) is 1. The van der Waals surface area contributed by atoms with Crippen LogP contribution in [0, 0.1) is 0 Å². The lowest BCUT2D eigenvalue weighted by atomic mass is 10.2. The van der Waals surface area contributed by atoms with E-state index in [2.05, 4.69) is 4.98 Å². The molecule has 2 aromatic heterocycles. The average molecular weight is 293 g/mol. The van der Waals surface area contributed by atoms with Gasteiger partial charge in [0.15, 0.2) is 5.22 Å². The van der Waals surface area contributed by atoms with Crippen molar-refractivity contribution in [3.05, 3.63) is 56.4 Å². The van der Waals surface area contributed by atoms with E-state index in [1.807, 2.05) is 0 Å². The number of rotatable bonds is 2. The number of hydrogen-bond donors (Lipinski definition) is 1. The zero-order valence-electron chi connectivity index (χ0n) is 10.3. The molecule has 0 unspecified atom stereocenters. The van der Waals surface area contributed by atoms with Crippen LogP contribution in [0.25, 0.3) is 16.8 Å². The molecule has 1 aromatic carbocycles. The fraction of sp³-hybridized carbons (Fsp3) is 0.0769. The molecule has 0 radical (unpaired) electrons. The predicted octanol–water partition coefficient (Wildman–Crippen LogP) is 1.93. The largest absolute Gasteiger partial charge is 0.497 e. The summed E-state index contributed by atoms with van der Waals surface area (Å²) < 4.78 is 11.1. The maximum atomic E-state index is 12.4. The highest BCUT2D eigenvalue weighted by Gasteiger charge is 2.13. The number of H-pyrrole nitrogens is 1. The Morgan fingerprint density at radius 2 is 2.05 bits per heavy atom. The molecule has 0 amide bonds. The lowest BCUT2D eigenvalue weighted by Gasteiger charge is -2.05. The molecule has 0 fully saturated rings. The fourth-order valence-corrected chi connectivity index (χ4v) is 2.09. The third-order valence-corrected chi connectivity index (χ3v) is 3.09. The van der Waals surface area contributed by atoms with Crippen LogP contribution >= 0.6 is 11.6 Å². The number of methoxy groups -OCH3 is 1. The smallest absolute Gasteiger partial charge is 0.335 e. The van der Waals surface area contributed by atoms with Crippen molar-refractivity contribution < 1.29 is 9.15 Å². The van der Waals surface area contributed by atoms with Crippen LogP contribution in [0.2, 0.25) is 5.22 Å². The maximum absolute atomic E-state index is 12.4. The van der Waals surface area contributed by atoms with E-state index in [-0.39, 0.29) is 11.1 Å². The van der Waals surface area contributed by atoms with Gasteiger partial charge in [0.05, 0.1) is 18.0 Å². The highest BCUT2D eigenvalue weighted by molar-refractivity contribution is 6.28. The van der Waals surface area contributed by atoms with Crippen molar-refractivity contribution in [2.45, 2.75) is 0 Å². The average Bonchev–Trinajstić information content (AvgIpc) is 2.85. The van der Waals surface area contributed by atoms with Crippen LogP contribution < -0.4 is 16.0 Å². The quantitative estimate of drug-likeness (QED) is 0.783. The first-order valence-corrected chi connectivity index (χ1v) is 6.07. The van der Waals surface area contributed by atoms with Gasteiger partial charge in [-0.25, -0.2) is 4.79 Å². The van der Waals surface area contributed by atoms with Gasteiger partial charge in [0.1, 0.15) is 5.75 Å². The minimum atomic E-state index is -0.598. The molecule has 0 bridgehead atoms. The summed E-state index contributed by atoms with van der Waals surface area (Å²) in [6.45, 7) is 0. The molecule has 0 saturated heterocycles. The van der Waals surface area contributed by atoms with E-state index in [4.69, 9.17) is 20.8 Å². The monoisotopic (exact) mass is 292 g/mol. The number of nitrogens with one attached hydrogen (secondary N) is 1. The van der Waals surface area contributed by atoms with Gasteiger partial charge in [0.25, 0.3) is 5.56 Å². The summed E-state index contributed by atoms with van der Waals surface area (Å²) in [6.07, 6.45) is 0. The Balaban J connectivity index is 2.38. The Bertz CT molecular complexity index is 907. The van der Waals surface area contributed by atoms with Gasteiger partial charge in [0, 0.05) is 6.07 Å². The van der Waals surface area contributed by atoms with E-state index in [0.717, 1.165) is 4.57 Å². The summed E-state index contributed by atoms with van der Waals surface area (Å²) in [7, 11) is 1.50. The molecule has 3 rings (SSSR count). The first-order chi connectivity index (χ1) is 9.60.